The van der Waals surface area contributed by atoms with Gasteiger partial charge in [-0.15, -0.1) is 0 Å². The van der Waals surface area contributed by atoms with Crippen LogP contribution in [0, 0.1) is 11.8 Å². The Labute approximate surface area is 231 Å². The lowest BCUT2D eigenvalue weighted by atomic mass is 9.56. The van der Waals surface area contributed by atoms with Gasteiger partial charge in [0, 0.05) is 44.6 Å². The van der Waals surface area contributed by atoms with Crippen molar-refractivity contribution in [2.45, 2.75) is 56.1 Å². The number of ether oxygens (including phenoxy) is 2. The summed E-state index contributed by atoms with van der Waals surface area (Å²) in [6.45, 7) is 3.32. The van der Waals surface area contributed by atoms with Crippen LogP contribution < -0.4 is 4.74 Å². The molecular formula is C30H38Cl2N2O3. The smallest absolute Gasteiger partial charge is 0.226 e. The Morgan fingerprint density at radius 2 is 1.95 bits per heavy atom. The molecule has 7 heteroatoms. The normalized spacial score (nSPS) is 28.0. The van der Waals surface area contributed by atoms with Gasteiger partial charge in [0.15, 0.2) is 0 Å². The molecule has 3 fully saturated rings. The summed E-state index contributed by atoms with van der Waals surface area (Å²) in [5, 5.41) is 0.977. The fourth-order valence-electron chi connectivity index (χ4n) is 6.70. The predicted molar refractivity (Wildman–Crippen MR) is 149 cm³/mol. The minimum Gasteiger partial charge on any atom is -0.497 e. The summed E-state index contributed by atoms with van der Waals surface area (Å²) in [7, 11) is 5.50. The number of nitrogens with zero attached hydrogens (tertiary/aromatic N) is 2. The van der Waals surface area contributed by atoms with Crippen LogP contribution in [0.25, 0.3) is 0 Å². The number of benzene rings is 2. The predicted octanol–water partition coefficient (Wildman–Crippen LogP) is 5.85. The van der Waals surface area contributed by atoms with Gasteiger partial charge in [-0.1, -0.05) is 41.4 Å². The average Bonchev–Trinajstić information content (AvgIpc) is 3.73. The van der Waals surface area contributed by atoms with Gasteiger partial charge in [0.1, 0.15) is 5.75 Å². The van der Waals surface area contributed by atoms with E-state index >= 15 is 0 Å². The lowest BCUT2D eigenvalue weighted by Gasteiger charge is -2.56. The number of hydrogen-bond donors (Lipinski definition) is 0. The van der Waals surface area contributed by atoms with E-state index in [1.165, 1.54) is 24.9 Å². The lowest BCUT2D eigenvalue weighted by molar-refractivity contribution is -0.137. The molecule has 200 valence electrons. The van der Waals surface area contributed by atoms with Crippen molar-refractivity contribution < 1.29 is 14.3 Å². The Morgan fingerprint density at radius 1 is 1.14 bits per heavy atom. The number of fused-ring (bicyclic) bond motifs is 1. The zero-order chi connectivity index (χ0) is 26.2. The first-order valence-corrected chi connectivity index (χ1v) is 14.2. The first kappa shape index (κ1) is 26.8. The molecule has 1 heterocycles. The van der Waals surface area contributed by atoms with Crippen molar-refractivity contribution in [3.63, 3.8) is 0 Å². The Bertz CT molecular complexity index is 1120. The highest BCUT2D eigenvalue weighted by Crippen LogP contribution is 2.51. The molecule has 0 aromatic heterocycles. The van der Waals surface area contributed by atoms with Gasteiger partial charge in [0.05, 0.1) is 29.7 Å². The largest absolute Gasteiger partial charge is 0.497 e. The van der Waals surface area contributed by atoms with Crippen LogP contribution in [0.4, 0.5) is 0 Å². The van der Waals surface area contributed by atoms with Crippen molar-refractivity contribution in [2.75, 3.05) is 40.9 Å². The van der Waals surface area contributed by atoms with E-state index in [1.807, 2.05) is 31.2 Å². The molecule has 2 aromatic rings. The van der Waals surface area contributed by atoms with Crippen molar-refractivity contribution in [2.24, 2.45) is 11.8 Å². The molecule has 5 nitrogen and oxygen atoms in total. The molecule has 0 bridgehead atoms. The van der Waals surface area contributed by atoms with Crippen LogP contribution in [0.15, 0.2) is 42.5 Å². The van der Waals surface area contributed by atoms with Crippen LogP contribution in [-0.4, -0.2) is 68.8 Å². The Hall–Kier alpha value is -1.79. The van der Waals surface area contributed by atoms with E-state index in [9.17, 15) is 4.79 Å². The fourth-order valence-corrected chi connectivity index (χ4v) is 7.02. The first-order valence-electron chi connectivity index (χ1n) is 13.4. The Balaban J connectivity index is 1.42. The van der Waals surface area contributed by atoms with Gasteiger partial charge < -0.3 is 19.3 Å². The maximum atomic E-state index is 13.5. The van der Waals surface area contributed by atoms with Crippen LogP contribution in [-0.2, 0) is 21.4 Å². The first-order chi connectivity index (χ1) is 17.8. The fraction of sp³-hybridized carbons (Fsp3) is 0.567. The second-order valence-electron chi connectivity index (χ2n) is 11.2. The zero-order valence-electron chi connectivity index (χ0n) is 22.1. The summed E-state index contributed by atoms with van der Waals surface area (Å²) in [4.78, 5) is 18.1. The summed E-state index contributed by atoms with van der Waals surface area (Å²) in [5.74, 6) is 2.20. The van der Waals surface area contributed by atoms with Gasteiger partial charge in [-0.05, 0) is 80.0 Å². The molecule has 0 N–H and O–H groups in total. The second-order valence-corrected chi connectivity index (χ2v) is 12.1. The number of rotatable bonds is 8. The summed E-state index contributed by atoms with van der Waals surface area (Å²) in [6, 6.07) is 14.1. The van der Waals surface area contributed by atoms with E-state index in [1.54, 1.807) is 19.2 Å². The summed E-state index contributed by atoms with van der Waals surface area (Å²) < 4.78 is 11.8. The standard InChI is InChI=1S/C30H38Cl2N2O3/c1-33(29(35)14-21-9-10-26(31)27(32)13-21)23-16-28(37-3)25-19-34(18-20-7-8-20)12-11-30(25,17-23)22-5-4-6-24(15-22)36-2/h4-6,9-10,13,15,20,23,25,28H,7-8,11-12,14,16-19H2,1-3H3. The molecule has 1 aliphatic heterocycles. The quantitative estimate of drug-likeness (QED) is 0.418. The Kier molecular flexibility index (Phi) is 8.07. The molecular weight excluding hydrogens is 507 g/mol. The number of methoxy groups -OCH3 is 2. The number of halogens is 2. The van der Waals surface area contributed by atoms with Crippen molar-refractivity contribution in [3.05, 3.63) is 63.6 Å². The number of amides is 1. The number of likely N-dealkylation sites (tertiary alicyclic amines) is 1. The highest BCUT2D eigenvalue weighted by Gasteiger charge is 2.53. The Morgan fingerprint density at radius 3 is 2.65 bits per heavy atom. The van der Waals surface area contributed by atoms with Crippen LogP contribution in [0.1, 0.15) is 43.2 Å². The molecule has 5 rings (SSSR count). The number of piperidine rings is 1. The third-order valence-corrected chi connectivity index (χ3v) is 9.77. The maximum absolute atomic E-state index is 13.5. The van der Waals surface area contributed by atoms with Gasteiger partial charge in [0.2, 0.25) is 5.91 Å². The second kappa shape index (κ2) is 11.1. The van der Waals surface area contributed by atoms with E-state index < -0.39 is 0 Å². The minimum atomic E-state index is -0.0731. The van der Waals surface area contributed by atoms with Gasteiger partial charge >= 0.3 is 0 Å². The average molecular weight is 546 g/mol. The van der Waals surface area contributed by atoms with Crippen molar-refractivity contribution in [1.29, 1.82) is 0 Å². The highest BCUT2D eigenvalue weighted by molar-refractivity contribution is 6.42. The molecule has 1 amide bonds. The summed E-state index contributed by atoms with van der Waals surface area (Å²) >= 11 is 12.3. The topological polar surface area (TPSA) is 42.0 Å². The van der Waals surface area contributed by atoms with Crippen LogP contribution in [0.2, 0.25) is 10.0 Å². The molecule has 3 aliphatic rings. The van der Waals surface area contributed by atoms with Gasteiger partial charge in [-0.2, -0.15) is 0 Å². The van der Waals surface area contributed by atoms with Crippen LogP contribution in [0.3, 0.4) is 0 Å². The van der Waals surface area contributed by atoms with Gasteiger partial charge in [-0.3, -0.25) is 4.79 Å². The third kappa shape index (κ3) is 5.66. The molecule has 4 atom stereocenters. The van der Waals surface area contributed by atoms with Crippen LogP contribution in [0.5, 0.6) is 5.75 Å². The number of likely N-dealkylation sites (N-methyl/N-ethyl adjacent to an activating group) is 1. The molecule has 2 aromatic carbocycles. The summed E-state index contributed by atoms with van der Waals surface area (Å²) in [5.41, 5.74) is 2.11. The molecule has 4 unspecified atom stereocenters. The molecule has 37 heavy (non-hydrogen) atoms. The van der Waals surface area contributed by atoms with Crippen LogP contribution >= 0.6 is 23.2 Å². The molecule has 2 aliphatic carbocycles. The SMILES string of the molecule is COc1cccc(C23CCN(CC4CC4)CC2C(OC)CC(N(C)C(=O)Cc2ccc(Cl)c(Cl)c2)C3)c1. The summed E-state index contributed by atoms with van der Waals surface area (Å²) in [6.07, 6.45) is 5.93. The lowest BCUT2D eigenvalue weighted by Crippen LogP contribution is -2.61. The third-order valence-electron chi connectivity index (χ3n) is 9.03. The van der Waals surface area contributed by atoms with Gasteiger partial charge in [-0.25, -0.2) is 0 Å². The van der Waals surface area contributed by atoms with E-state index in [-0.39, 0.29) is 23.5 Å². The highest BCUT2D eigenvalue weighted by atomic mass is 35.5. The maximum Gasteiger partial charge on any atom is 0.226 e. The zero-order valence-corrected chi connectivity index (χ0v) is 23.6. The van der Waals surface area contributed by atoms with E-state index in [0.29, 0.717) is 22.4 Å². The van der Waals surface area contributed by atoms with E-state index in [2.05, 4.69) is 23.1 Å². The molecule has 0 spiro atoms. The van der Waals surface area contributed by atoms with Crippen molar-refractivity contribution in [1.82, 2.24) is 9.80 Å². The molecule has 1 saturated heterocycles. The van der Waals surface area contributed by atoms with E-state index in [4.69, 9.17) is 32.7 Å². The molecule has 2 saturated carbocycles. The monoisotopic (exact) mass is 544 g/mol. The minimum absolute atomic E-state index is 0.0731. The number of carbonyl (C=O) groups is 1. The van der Waals surface area contributed by atoms with Crippen molar-refractivity contribution in [3.8, 4) is 5.75 Å². The number of carbonyl (C=O) groups excluding carboxylic acids is 1. The van der Waals surface area contributed by atoms with E-state index in [0.717, 1.165) is 49.6 Å². The van der Waals surface area contributed by atoms with Crippen molar-refractivity contribution >= 4 is 29.1 Å². The van der Waals surface area contributed by atoms with Gasteiger partial charge in [0.25, 0.3) is 0 Å². The number of hydrogen-bond acceptors (Lipinski definition) is 4. The molecule has 0 radical (unpaired) electrons.